The van der Waals surface area contributed by atoms with Crippen LogP contribution < -0.4 is 20.1 Å². The lowest BCUT2D eigenvalue weighted by Gasteiger charge is -2.56. The molecule has 0 radical (unpaired) electrons. The predicted octanol–water partition coefficient (Wildman–Crippen LogP) is 2.66. The van der Waals surface area contributed by atoms with Gasteiger partial charge in [-0.15, -0.1) is 0 Å². The Balaban J connectivity index is 1.13. The molecule has 196 valence electrons. The van der Waals surface area contributed by atoms with Crippen LogP contribution in [0.2, 0.25) is 0 Å². The Labute approximate surface area is 211 Å². The van der Waals surface area contributed by atoms with Crippen LogP contribution in [0, 0.1) is 18.6 Å². The summed E-state index contributed by atoms with van der Waals surface area (Å²) in [6, 6.07) is 7.16. The van der Waals surface area contributed by atoms with Crippen LogP contribution >= 0.6 is 0 Å². The first kappa shape index (κ1) is 24.9. The van der Waals surface area contributed by atoms with Crippen molar-refractivity contribution in [2.45, 2.75) is 56.2 Å². The number of carbonyl (C=O) groups excluding carboxylic acids is 2. The number of amides is 2. The van der Waals surface area contributed by atoms with Crippen LogP contribution in [0.25, 0.3) is 10.9 Å². The second kappa shape index (κ2) is 9.62. The van der Waals surface area contributed by atoms with Crippen LogP contribution in [0.4, 0.5) is 8.78 Å². The minimum Gasteiger partial charge on any atom is -0.484 e. The molecule has 6 rings (SSSR count). The van der Waals surface area contributed by atoms with Gasteiger partial charge < -0.3 is 25.2 Å². The molecule has 2 amide bonds. The SMILES string of the molecule is Cc1ccc(OCC(=O)NC23CCC(NC(=O)COc4cc(F)c5cn[nH]c5c4)(CC2)C(O)C3)cc1F. The summed E-state index contributed by atoms with van der Waals surface area (Å²) in [5, 5.41) is 23.6. The van der Waals surface area contributed by atoms with Crippen molar-refractivity contribution in [3.8, 4) is 11.5 Å². The van der Waals surface area contributed by atoms with E-state index in [1.165, 1.54) is 18.3 Å². The summed E-state index contributed by atoms with van der Waals surface area (Å²) >= 11 is 0. The van der Waals surface area contributed by atoms with E-state index in [9.17, 15) is 23.5 Å². The van der Waals surface area contributed by atoms with Crippen molar-refractivity contribution in [2.75, 3.05) is 13.2 Å². The molecule has 0 spiro atoms. The molecule has 1 heterocycles. The number of halogens is 2. The number of aliphatic hydroxyl groups excluding tert-OH is 1. The molecule has 11 heteroatoms. The average molecular weight is 515 g/mol. The second-order valence-corrected chi connectivity index (χ2v) is 9.98. The van der Waals surface area contributed by atoms with Crippen LogP contribution in [-0.2, 0) is 9.59 Å². The Morgan fingerprint density at radius 3 is 2.41 bits per heavy atom. The number of aliphatic hydroxyl groups is 1. The maximum absolute atomic E-state index is 14.1. The van der Waals surface area contributed by atoms with Gasteiger partial charge in [-0.2, -0.15) is 5.10 Å². The number of hydrogen-bond acceptors (Lipinski definition) is 6. The zero-order valence-electron chi connectivity index (χ0n) is 20.3. The van der Waals surface area contributed by atoms with Gasteiger partial charge in [-0.1, -0.05) is 6.07 Å². The first-order chi connectivity index (χ1) is 17.7. The minimum absolute atomic E-state index is 0.187. The third kappa shape index (κ3) is 5.08. The van der Waals surface area contributed by atoms with Crippen molar-refractivity contribution in [2.24, 2.45) is 0 Å². The Hall–Kier alpha value is -3.73. The van der Waals surface area contributed by atoms with Gasteiger partial charge >= 0.3 is 0 Å². The van der Waals surface area contributed by atoms with E-state index in [-0.39, 0.29) is 37.0 Å². The van der Waals surface area contributed by atoms with Crippen molar-refractivity contribution in [1.82, 2.24) is 20.8 Å². The van der Waals surface area contributed by atoms with Gasteiger partial charge in [0.25, 0.3) is 11.8 Å². The quantitative estimate of drug-likeness (QED) is 0.366. The van der Waals surface area contributed by atoms with Gasteiger partial charge in [-0.3, -0.25) is 14.7 Å². The molecule has 1 atom stereocenters. The summed E-state index contributed by atoms with van der Waals surface area (Å²) in [7, 11) is 0. The number of H-pyrrole nitrogens is 1. The number of hydrogen-bond donors (Lipinski definition) is 4. The summed E-state index contributed by atoms with van der Waals surface area (Å²) in [6.07, 6.45) is 2.85. The van der Waals surface area contributed by atoms with E-state index < -0.39 is 34.7 Å². The molecule has 2 aromatic carbocycles. The molecular weight excluding hydrogens is 486 g/mol. The van der Waals surface area contributed by atoms with Crippen LogP contribution in [0.15, 0.2) is 36.5 Å². The second-order valence-electron chi connectivity index (χ2n) is 9.98. The van der Waals surface area contributed by atoms with Crippen molar-refractivity contribution >= 4 is 22.7 Å². The van der Waals surface area contributed by atoms with Crippen molar-refractivity contribution in [1.29, 1.82) is 0 Å². The molecule has 3 fully saturated rings. The fraction of sp³-hybridized carbons (Fsp3) is 0.423. The highest BCUT2D eigenvalue weighted by molar-refractivity contribution is 5.81. The minimum atomic E-state index is -0.870. The monoisotopic (exact) mass is 514 g/mol. The molecule has 3 aromatic rings. The zero-order chi connectivity index (χ0) is 26.2. The van der Waals surface area contributed by atoms with Crippen molar-refractivity contribution in [3.05, 3.63) is 53.7 Å². The van der Waals surface area contributed by atoms with Crippen LogP contribution in [0.5, 0.6) is 11.5 Å². The Bertz CT molecular complexity index is 1340. The lowest BCUT2D eigenvalue weighted by molar-refractivity contribution is -0.137. The van der Waals surface area contributed by atoms with Gasteiger partial charge in [0.2, 0.25) is 0 Å². The summed E-state index contributed by atoms with van der Waals surface area (Å²) in [5.41, 5.74) is -0.473. The molecule has 1 aromatic heterocycles. The number of carbonyl (C=O) groups is 2. The Kier molecular flexibility index (Phi) is 6.49. The van der Waals surface area contributed by atoms with Crippen molar-refractivity contribution < 1.29 is 33.0 Å². The number of benzene rings is 2. The van der Waals surface area contributed by atoms with Gasteiger partial charge in [0.05, 0.1) is 28.7 Å². The smallest absolute Gasteiger partial charge is 0.258 e. The molecule has 4 N–H and O–H groups in total. The Morgan fingerprint density at radius 2 is 1.70 bits per heavy atom. The molecule has 9 nitrogen and oxygen atoms in total. The molecule has 1 unspecified atom stereocenters. The number of fused-ring (bicyclic) bond motifs is 4. The molecular formula is C26H28F2N4O5. The van der Waals surface area contributed by atoms with Crippen LogP contribution in [-0.4, -0.2) is 57.5 Å². The maximum atomic E-state index is 14.1. The fourth-order valence-corrected chi connectivity index (χ4v) is 5.33. The molecule has 3 aliphatic carbocycles. The van der Waals surface area contributed by atoms with Gasteiger partial charge in [-0.05, 0) is 50.7 Å². The summed E-state index contributed by atoms with van der Waals surface area (Å²) in [4.78, 5) is 25.2. The number of nitrogens with zero attached hydrogens (tertiary/aromatic N) is 1. The van der Waals surface area contributed by atoms with Crippen molar-refractivity contribution in [3.63, 3.8) is 0 Å². The van der Waals surface area contributed by atoms with E-state index in [0.717, 1.165) is 0 Å². The first-order valence-electron chi connectivity index (χ1n) is 12.1. The summed E-state index contributed by atoms with van der Waals surface area (Å²) < 4.78 is 38.7. The van der Waals surface area contributed by atoms with E-state index in [0.29, 0.717) is 42.1 Å². The van der Waals surface area contributed by atoms with E-state index >= 15 is 0 Å². The molecule has 2 bridgehead atoms. The molecule has 0 saturated heterocycles. The normalized spacial score (nSPS) is 24.6. The maximum Gasteiger partial charge on any atom is 0.258 e. The van der Waals surface area contributed by atoms with E-state index in [1.54, 1.807) is 25.1 Å². The highest BCUT2D eigenvalue weighted by Gasteiger charge is 2.55. The van der Waals surface area contributed by atoms with Crippen LogP contribution in [0.3, 0.4) is 0 Å². The molecule has 3 saturated carbocycles. The zero-order valence-corrected chi connectivity index (χ0v) is 20.3. The summed E-state index contributed by atoms with van der Waals surface area (Å²) in [5.74, 6) is -1.26. The van der Waals surface area contributed by atoms with E-state index in [1.807, 2.05) is 0 Å². The fourth-order valence-electron chi connectivity index (χ4n) is 5.33. The van der Waals surface area contributed by atoms with Gasteiger partial charge in [-0.25, -0.2) is 8.78 Å². The largest absolute Gasteiger partial charge is 0.484 e. The number of rotatable bonds is 8. The standard InChI is InChI=1S/C26H28F2N4O5/c1-15-2-3-16(8-19(15)27)36-13-23(34)30-25-4-6-26(7-5-25,22(33)11-25)31-24(35)14-37-17-9-20(28)18-12-29-32-21(18)10-17/h2-3,8-10,12,22,33H,4-7,11,13-14H2,1H3,(H,29,32)(H,30,34)(H,31,35). The lowest BCUT2D eigenvalue weighted by atomic mass is 9.60. The third-order valence-electron chi connectivity index (χ3n) is 7.48. The number of nitrogens with one attached hydrogen (secondary N) is 3. The number of aromatic amines is 1. The molecule has 0 aliphatic heterocycles. The summed E-state index contributed by atoms with van der Waals surface area (Å²) in [6.45, 7) is 1.03. The molecule has 3 aliphatic rings. The van der Waals surface area contributed by atoms with E-state index in [4.69, 9.17) is 9.47 Å². The lowest BCUT2D eigenvalue weighted by Crippen LogP contribution is -2.70. The highest BCUT2D eigenvalue weighted by atomic mass is 19.1. The topological polar surface area (TPSA) is 126 Å². The predicted molar refractivity (Wildman–Crippen MR) is 129 cm³/mol. The number of aryl methyl sites for hydroxylation is 1. The number of ether oxygens (including phenoxy) is 2. The van der Waals surface area contributed by atoms with E-state index in [2.05, 4.69) is 20.8 Å². The van der Waals surface area contributed by atoms with Gasteiger partial charge in [0, 0.05) is 23.7 Å². The van der Waals surface area contributed by atoms with Gasteiger partial charge in [0.1, 0.15) is 23.1 Å². The van der Waals surface area contributed by atoms with Crippen LogP contribution in [0.1, 0.15) is 37.7 Å². The number of aromatic nitrogens is 2. The first-order valence-corrected chi connectivity index (χ1v) is 12.1. The Morgan fingerprint density at radius 1 is 1.03 bits per heavy atom. The highest BCUT2D eigenvalue weighted by Crippen LogP contribution is 2.47. The van der Waals surface area contributed by atoms with Gasteiger partial charge in [0.15, 0.2) is 13.2 Å². The average Bonchev–Trinajstić information content (AvgIpc) is 3.34. The third-order valence-corrected chi connectivity index (χ3v) is 7.48. The molecule has 37 heavy (non-hydrogen) atoms.